The summed E-state index contributed by atoms with van der Waals surface area (Å²) in [5.74, 6) is 1.04. The largest absolute Gasteiger partial charge is 0.356 e. The van der Waals surface area contributed by atoms with Crippen molar-refractivity contribution >= 4 is 5.96 Å². The van der Waals surface area contributed by atoms with Gasteiger partial charge in [0.15, 0.2) is 5.96 Å². The van der Waals surface area contributed by atoms with Gasteiger partial charge < -0.3 is 10.2 Å². The summed E-state index contributed by atoms with van der Waals surface area (Å²) in [6.07, 6.45) is 2.16. The minimum atomic E-state index is 0.921. The van der Waals surface area contributed by atoms with E-state index >= 15 is 0 Å². The van der Waals surface area contributed by atoms with Gasteiger partial charge in [-0.3, -0.25) is 4.99 Å². The molecule has 1 heterocycles. The average molecular weight is 231 g/mol. The summed E-state index contributed by atoms with van der Waals surface area (Å²) in [5.41, 5.74) is 2.79. The Morgan fingerprint density at radius 3 is 2.53 bits per heavy atom. The molecule has 0 saturated heterocycles. The third-order valence-electron chi connectivity index (χ3n) is 3.19. The number of hydrogen-bond acceptors (Lipinski definition) is 3. The van der Waals surface area contributed by atoms with Crippen LogP contribution in [0.4, 0.5) is 0 Å². The molecule has 1 aliphatic rings. The molecule has 0 aromatic heterocycles. The fourth-order valence-corrected chi connectivity index (χ4v) is 1.98. The maximum atomic E-state index is 4.41. The molecular weight excluding hydrogens is 210 g/mol. The number of aryl methyl sites for hydroxylation is 1. The van der Waals surface area contributed by atoms with E-state index in [1.54, 1.807) is 0 Å². The summed E-state index contributed by atoms with van der Waals surface area (Å²) in [6, 6.07) is 8.88. The van der Waals surface area contributed by atoms with E-state index in [9.17, 15) is 0 Å². The molecule has 3 heteroatoms. The lowest BCUT2D eigenvalue weighted by atomic mass is 10.1. The van der Waals surface area contributed by atoms with E-state index in [4.69, 9.17) is 0 Å². The molecule has 0 fully saturated rings. The fraction of sp³-hybridized carbons (Fsp3) is 0.500. The minimum Gasteiger partial charge on any atom is -0.356 e. The van der Waals surface area contributed by atoms with Gasteiger partial charge in [-0.05, 0) is 24.0 Å². The Labute approximate surface area is 104 Å². The summed E-state index contributed by atoms with van der Waals surface area (Å²) in [4.78, 5) is 6.57. The van der Waals surface area contributed by atoms with Gasteiger partial charge in [0.1, 0.15) is 0 Å². The molecule has 2 rings (SSSR count). The highest BCUT2D eigenvalue weighted by atomic mass is 15.3. The van der Waals surface area contributed by atoms with Crippen molar-refractivity contribution in [3.63, 3.8) is 0 Å². The van der Waals surface area contributed by atoms with Gasteiger partial charge in [-0.15, -0.1) is 0 Å². The second-order valence-corrected chi connectivity index (χ2v) is 4.47. The summed E-state index contributed by atoms with van der Waals surface area (Å²) >= 11 is 0. The lowest BCUT2D eigenvalue weighted by molar-refractivity contribution is 0.534. The van der Waals surface area contributed by atoms with Crippen molar-refractivity contribution < 1.29 is 0 Å². The molecule has 0 aliphatic carbocycles. The molecule has 1 N–H and O–H groups in total. The van der Waals surface area contributed by atoms with Gasteiger partial charge in [-0.25, -0.2) is 0 Å². The zero-order valence-electron chi connectivity index (χ0n) is 10.7. The minimum absolute atomic E-state index is 0.921. The summed E-state index contributed by atoms with van der Waals surface area (Å²) in [7, 11) is 2.08. The summed E-state index contributed by atoms with van der Waals surface area (Å²) < 4.78 is 0. The first kappa shape index (κ1) is 12.0. The van der Waals surface area contributed by atoms with E-state index in [0.29, 0.717) is 0 Å². The smallest absolute Gasteiger partial charge is 0.193 e. The molecule has 0 spiro atoms. The van der Waals surface area contributed by atoms with Crippen LogP contribution in [0.5, 0.6) is 0 Å². The lowest BCUT2D eigenvalue weighted by Gasteiger charge is -2.15. The second kappa shape index (κ2) is 5.71. The highest BCUT2D eigenvalue weighted by Gasteiger charge is 2.10. The monoisotopic (exact) mass is 231 g/mol. The van der Waals surface area contributed by atoms with E-state index in [0.717, 1.165) is 38.4 Å². The Kier molecular flexibility index (Phi) is 4.02. The van der Waals surface area contributed by atoms with Crippen LogP contribution in [0.2, 0.25) is 0 Å². The molecule has 0 bridgehead atoms. The van der Waals surface area contributed by atoms with Crippen molar-refractivity contribution in [3.05, 3.63) is 35.4 Å². The van der Waals surface area contributed by atoms with Crippen LogP contribution in [0.1, 0.15) is 18.1 Å². The SMILES string of the molecule is CCc1ccc(CCNC2=NCCN2C)cc1. The van der Waals surface area contributed by atoms with Crippen LogP contribution in [0.3, 0.4) is 0 Å². The summed E-state index contributed by atoms with van der Waals surface area (Å²) in [6.45, 7) is 5.09. The van der Waals surface area contributed by atoms with Gasteiger partial charge in [-0.2, -0.15) is 0 Å². The number of rotatable bonds is 4. The highest BCUT2D eigenvalue weighted by Crippen LogP contribution is 2.05. The van der Waals surface area contributed by atoms with Crippen LogP contribution in [0.25, 0.3) is 0 Å². The topological polar surface area (TPSA) is 27.6 Å². The third kappa shape index (κ3) is 3.22. The van der Waals surface area contributed by atoms with Gasteiger partial charge >= 0.3 is 0 Å². The first-order chi connectivity index (χ1) is 8.29. The maximum absolute atomic E-state index is 4.41. The molecule has 0 atom stereocenters. The van der Waals surface area contributed by atoms with Crippen molar-refractivity contribution in [1.29, 1.82) is 0 Å². The van der Waals surface area contributed by atoms with Crippen molar-refractivity contribution in [2.45, 2.75) is 19.8 Å². The predicted molar refractivity (Wildman–Crippen MR) is 72.5 cm³/mol. The van der Waals surface area contributed by atoms with Crippen LogP contribution < -0.4 is 5.32 Å². The molecule has 0 radical (unpaired) electrons. The molecule has 1 aliphatic heterocycles. The lowest BCUT2D eigenvalue weighted by Crippen LogP contribution is -2.36. The molecule has 1 aromatic carbocycles. The van der Waals surface area contributed by atoms with Crippen LogP contribution in [-0.4, -0.2) is 37.5 Å². The molecule has 1 aromatic rings. The molecular formula is C14H21N3. The zero-order valence-corrected chi connectivity index (χ0v) is 10.7. The Morgan fingerprint density at radius 1 is 1.24 bits per heavy atom. The van der Waals surface area contributed by atoms with Crippen LogP contribution in [-0.2, 0) is 12.8 Å². The second-order valence-electron chi connectivity index (χ2n) is 4.47. The van der Waals surface area contributed by atoms with Gasteiger partial charge in [0.25, 0.3) is 0 Å². The van der Waals surface area contributed by atoms with E-state index < -0.39 is 0 Å². The number of benzene rings is 1. The Bertz CT molecular complexity index is 381. The first-order valence-corrected chi connectivity index (χ1v) is 6.37. The maximum Gasteiger partial charge on any atom is 0.193 e. The van der Waals surface area contributed by atoms with E-state index in [1.165, 1.54) is 11.1 Å². The molecule has 0 amide bonds. The molecule has 0 saturated carbocycles. The molecule has 3 nitrogen and oxygen atoms in total. The average Bonchev–Trinajstić information content (AvgIpc) is 2.76. The molecule has 17 heavy (non-hydrogen) atoms. The quantitative estimate of drug-likeness (QED) is 0.854. The Morgan fingerprint density at radius 2 is 1.94 bits per heavy atom. The number of nitrogens with zero attached hydrogens (tertiary/aromatic N) is 2. The zero-order chi connectivity index (χ0) is 12.1. The van der Waals surface area contributed by atoms with Crippen LogP contribution in [0, 0.1) is 0 Å². The van der Waals surface area contributed by atoms with Crippen molar-refractivity contribution in [1.82, 2.24) is 10.2 Å². The first-order valence-electron chi connectivity index (χ1n) is 6.37. The van der Waals surface area contributed by atoms with E-state index in [-0.39, 0.29) is 0 Å². The van der Waals surface area contributed by atoms with Gasteiger partial charge in [0.05, 0.1) is 6.54 Å². The molecule has 0 unspecified atom stereocenters. The van der Waals surface area contributed by atoms with Gasteiger partial charge in [0, 0.05) is 20.1 Å². The highest BCUT2D eigenvalue weighted by molar-refractivity contribution is 5.81. The van der Waals surface area contributed by atoms with Crippen molar-refractivity contribution in [3.8, 4) is 0 Å². The van der Waals surface area contributed by atoms with Gasteiger partial charge in [-0.1, -0.05) is 31.2 Å². The number of aliphatic imine (C=N–C) groups is 1. The Balaban J connectivity index is 1.77. The van der Waals surface area contributed by atoms with Crippen molar-refractivity contribution in [2.75, 3.05) is 26.7 Å². The number of likely N-dealkylation sites (N-methyl/N-ethyl adjacent to an activating group) is 1. The van der Waals surface area contributed by atoms with E-state index in [2.05, 4.69) is 53.4 Å². The third-order valence-corrected chi connectivity index (χ3v) is 3.19. The van der Waals surface area contributed by atoms with E-state index in [1.807, 2.05) is 0 Å². The standard InChI is InChI=1S/C14H21N3/c1-3-12-4-6-13(7-5-12)8-9-15-14-16-10-11-17(14)2/h4-7H,3,8-11H2,1-2H3,(H,15,16). The van der Waals surface area contributed by atoms with Crippen molar-refractivity contribution in [2.24, 2.45) is 4.99 Å². The molecule has 92 valence electrons. The number of hydrogen-bond donors (Lipinski definition) is 1. The predicted octanol–water partition coefficient (Wildman–Crippen LogP) is 1.68. The number of guanidine groups is 1. The van der Waals surface area contributed by atoms with Crippen LogP contribution in [0.15, 0.2) is 29.3 Å². The normalized spacial score (nSPS) is 14.9. The number of nitrogens with one attached hydrogen (secondary N) is 1. The van der Waals surface area contributed by atoms with Gasteiger partial charge in [0.2, 0.25) is 0 Å². The summed E-state index contributed by atoms with van der Waals surface area (Å²) in [5, 5.41) is 3.38. The van der Waals surface area contributed by atoms with Crippen LogP contribution >= 0.6 is 0 Å². The Hall–Kier alpha value is -1.51. The fourth-order valence-electron chi connectivity index (χ4n) is 1.98.